The first-order chi connectivity index (χ1) is 7.77. The number of H-pyrrole nitrogens is 1. The molecule has 3 N–H and O–H groups in total. The maximum absolute atomic E-state index is 9.83. The average molecular weight is 227 g/mol. The van der Waals surface area contributed by atoms with Gasteiger partial charge < -0.3 is 14.9 Å². The zero-order valence-corrected chi connectivity index (χ0v) is 8.00. The SMILES string of the molecule is [N-]=[N+]=N[C@@H]1[C@@H](O)[C@H](c2nn[nH]n2)O[C@@H]1CO. The summed E-state index contributed by atoms with van der Waals surface area (Å²) >= 11 is 0. The fraction of sp³-hybridized carbons (Fsp3) is 0.833. The molecular weight excluding hydrogens is 218 g/mol. The number of tetrazole rings is 1. The number of hydrogen-bond acceptors (Lipinski definition) is 7. The first-order valence-corrected chi connectivity index (χ1v) is 4.50. The number of azide groups is 1. The number of aliphatic hydroxyl groups excluding tert-OH is 2. The van der Waals surface area contributed by atoms with Crippen LogP contribution in [0.2, 0.25) is 0 Å². The molecular formula is C6H9N7O3. The van der Waals surface area contributed by atoms with Gasteiger partial charge in [0.2, 0.25) is 5.82 Å². The van der Waals surface area contributed by atoms with E-state index < -0.39 is 24.4 Å². The Bertz CT molecular complexity index is 389. The number of hydrogen-bond donors (Lipinski definition) is 3. The van der Waals surface area contributed by atoms with Gasteiger partial charge in [0.25, 0.3) is 0 Å². The van der Waals surface area contributed by atoms with Crippen molar-refractivity contribution in [3.8, 4) is 0 Å². The molecule has 0 radical (unpaired) electrons. The lowest BCUT2D eigenvalue weighted by atomic mass is 10.1. The summed E-state index contributed by atoms with van der Waals surface area (Å²) in [6, 6.07) is -0.862. The number of aliphatic hydroxyl groups is 2. The summed E-state index contributed by atoms with van der Waals surface area (Å²) in [6.07, 6.45) is -2.73. The molecule has 10 heteroatoms. The maximum Gasteiger partial charge on any atom is 0.205 e. The van der Waals surface area contributed by atoms with Gasteiger partial charge in [0.05, 0.1) is 24.9 Å². The summed E-state index contributed by atoms with van der Waals surface area (Å²) in [5, 5.41) is 35.1. The van der Waals surface area contributed by atoms with Gasteiger partial charge in [0, 0.05) is 4.91 Å². The number of aromatic amines is 1. The van der Waals surface area contributed by atoms with Gasteiger partial charge in [-0.15, -0.1) is 10.2 Å². The van der Waals surface area contributed by atoms with Crippen molar-refractivity contribution < 1.29 is 14.9 Å². The molecule has 86 valence electrons. The molecule has 1 aliphatic rings. The van der Waals surface area contributed by atoms with Crippen molar-refractivity contribution >= 4 is 0 Å². The van der Waals surface area contributed by atoms with E-state index in [2.05, 4.69) is 30.7 Å². The van der Waals surface area contributed by atoms with E-state index >= 15 is 0 Å². The van der Waals surface area contributed by atoms with E-state index in [1.807, 2.05) is 0 Å². The third-order valence-corrected chi connectivity index (χ3v) is 2.34. The molecule has 2 heterocycles. The van der Waals surface area contributed by atoms with E-state index in [-0.39, 0.29) is 12.4 Å². The summed E-state index contributed by atoms with van der Waals surface area (Å²) in [5.74, 6) is 0.154. The lowest BCUT2D eigenvalue weighted by Gasteiger charge is -2.11. The quantitative estimate of drug-likeness (QED) is 0.330. The molecule has 1 aromatic rings. The molecule has 0 amide bonds. The summed E-state index contributed by atoms with van der Waals surface area (Å²) < 4.78 is 5.28. The molecule has 0 bridgehead atoms. The van der Waals surface area contributed by atoms with Crippen LogP contribution < -0.4 is 0 Å². The van der Waals surface area contributed by atoms with Crippen LogP contribution in [0.25, 0.3) is 10.4 Å². The van der Waals surface area contributed by atoms with Crippen molar-refractivity contribution in [2.75, 3.05) is 6.61 Å². The third-order valence-electron chi connectivity index (χ3n) is 2.34. The van der Waals surface area contributed by atoms with Gasteiger partial charge in [-0.3, -0.25) is 0 Å². The molecule has 0 unspecified atom stereocenters. The van der Waals surface area contributed by atoms with Gasteiger partial charge >= 0.3 is 0 Å². The Kier molecular flexibility index (Phi) is 2.97. The molecule has 2 rings (SSSR count). The molecule has 1 saturated heterocycles. The second-order valence-corrected chi connectivity index (χ2v) is 3.23. The van der Waals surface area contributed by atoms with E-state index in [1.54, 1.807) is 0 Å². The average Bonchev–Trinajstić information content (AvgIpc) is 2.89. The molecule has 0 spiro atoms. The van der Waals surface area contributed by atoms with Crippen molar-refractivity contribution in [3.63, 3.8) is 0 Å². The lowest BCUT2D eigenvalue weighted by molar-refractivity contribution is -0.0156. The lowest BCUT2D eigenvalue weighted by Crippen LogP contribution is -2.30. The van der Waals surface area contributed by atoms with Crippen molar-refractivity contribution in [1.29, 1.82) is 0 Å². The second kappa shape index (κ2) is 4.41. The predicted octanol–water partition coefficient (Wildman–Crippen LogP) is -1.33. The molecule has 1 aromatic heterocycles. The zero-order valence-electron chi connectivity index (χ0n) is 8.00. The van der Waals surface area contributed by atoms with E-state index in [0.29, 0.717) is 0 Å². The van der Waals surface area contributed by atoms with Crippen molar-refractivity contribution in [1.82, 2.24) is 20.6 Å². The Morgan fingerprint density at radius 3 is 3.00 bits per heavy atom. The molecule has 1 fully saturated rings. The molecule has 10 nitrogen and oxygen atoms in total. The minimum Gasteiger partial charge on any atom is -0.394 e. The van der Waals surface area contributed by atoms with Crippen LogP contribution in [-0.2, 0) is 4.74 Å². The number of nitrogens with zero attached hydrogens (tertiary/aromatic N) is 6. The Morgan fingerprint density at radius 1 is 1.62 bits per heavy atom. The highest BCUT2D eigenvalue weighted by molar-refractivity contribution is 5.02. The highest BCUT2D eigenvalue weighted by Gasteiger charge is 2.45. The summed E-state index contributed by atoms with van der Waals surface area (Å²) in [6.45, 7) is -0.366. The summed E-state index contributed by atoms with van der Waals surface area (Å²) in [5.41, 5.74) is 8.33. The molecule has 1 aliphatic heterocycles. The molecule has 16 heavy (non-hydrogen) atoms. The highest BCUT2D eigenvalue weighted by atomic mass is 16.5. The Morgan fingerprint density at radius 2 is 2.44 bits per heavy atom. The Labute approximate surface area is 88.9 Å². The molecule has 0 saturated carbocycles. The monoisotopic (exact) mass is 227 g/mol. The van der Waals surface area contributed by atoms with E-state index in [0.717, 1.165) is 0 Å². The standard InChI is InChI=1S/C6H9N7O3/c7-11-8-3-2(1-14)16-5(4(3)15)6-9-12-13-10-6/h2-5,14-15H,1H2,(H,9,10,12,13)/t2-,3+,4-,5-/m1/s1. The van der Waals surface area contributed by atoms with Crippen LogP contribution in [0.5, 0.6) is 0 Å². The van der Waals surface area contributed by atoms with Crippen LogP contribution in [0.4, 0.5) is 0 Å². The number of nitrogens with one attached hydrogen (secondary N) is 1. The highest BCUT2D eigenvalue weighted by Crippen LogP contribution is 2.33. The maximum atomic E-state index is 9.83. The fourth-order valence-electron chi connectivity index (χ4n) is 1.61. The van der Waals surface area contributed by atoms with Gasteiger partial charge in [-0.25, -0.2) is 0 Å². The molecule has 4 atom stereocenters. The van der Waals surface area contributed by atoms with Crippen molar-refractivity contribution in [3.05, 3.63) is 16.3 Å². The Hall–Kier alpha value is -1.74. The van der Waals surface area contributed by atoms with Gasteiger partial charge in [0.1, 0.15) is 6.10 Å². The van der Waals surface area contributed by atoms with Crippen LogP contribution in [0.15, 0.2) is 5.11 Å². The van der Waals surface area contributed by atoms with Crippen LogP contribution in [-0.4, -0.2) is 55.7 Å². The van der Waals surface area contributed by atoms with Gasteiger partial charge in [-0.1, -0.05) is 10.3 Å². The van der Waals surface area contributed by atoms with Crippen molar-refractivity contribution in [2.45, 2.75) is 24.4 Å². The van der Waals surface area contributed by atoms with Gasteiger partial charge in [-0.05, 0) is 5.53 Å². The minimum atomic E-state index is -1.11. The topological polar surface area (TPSA) is 153 Å². The summed E-state index contributed by atoms with van der Waals surface area (Å²) in [4.78, 5) is 2.59. The smallest absolute Gasteiger partial charge is 0.205 e. The minimum absolute atomic E-state index is 0.154. The van der Waals surface area contributed by atoms with Crippen molar-refractivity contribution in [2.24, 2.45) is 5.11 Å². The summed E-state index contributed by atoms with van der Waals surface area (Å²) in [7, 11) is 0. The van der Waals surface area contributed by atoms with Crippen LogP contribution >= 0.6 is 0 Å². The second-order valence-electron chi connectivity index (χ2n) is 3.23. The van der Waals surface area contributed by atoms with Gasteiger partial charge in [0.15, 0.2) is 0 Å². The third kappa shape index (κ3) is 1.70. The molecule has 0 aromatic carbocycles. The predicted molar refractivity (Wildman–Crippen MR) is 47.8 cm³/mol. The molecule has 0 aliphatic carbocycles. The first kappa shape index (κ1) is 10.8. The number of ether oxygens (including phenoxy) is 1. The van der Waals surface area contributed by atoms with Crippen LogP contribution in [0.3, 0.4) is 0 Å². The van der Waals surface area contributed by atoms with E-state index in [9.17, 15) is 5.11 Å². The normalized spacial score (nSPS) is 33.6. The van der Waals surface area contributed by atoms with Gasteiger partial charge in [-0.2, -0.15) is 5.21 Å². The van der Waals surface area contributed by atoms with E-state index in [1.165, 1.54) is 0 Å². The van der Waals surface area contributed by atoms with Crippen LogP contribution in [0.1, 0.15) is 11.9 Å². The van der Waals surface area contributed by atoms with Crippen LogP contribution in [0, 0.1) is 0 Å². The largest absolute Gasteiger partial charge is 0.394 e. The number of rotatable bonds is 3. The first-order valence-electron chi connectivity index (χ1n) is 4.50. The zero-order chi connectivity index (χ0) is 11.5. The Balaban J connectivity index is 2.22. The number of aromatic nitrogens is 4. The fourth-order valence-corrected chi connectivity index (χ4v) is 1.61. The van der Waals surface area contributed by atoms with E-state index in [4.69, 9.17) is 15.4 Å².